The summed E-state index contributed by atoms with van der Waals surface area (Å²) < 4.78 is 5.15. The zero-order valence-electron chi connectivity index (χ0n) is 6.28. The summed E-state index contributed by atoms with van der Waals surface area (Å²) in [5, 5.41) is 8.61. The van der Waals surface area contributed by atoms with Crippen molar-refractivity contribution in [2.75, 3.05) is 6.61 Å². The van der Waals surface area contributed by atoms with Crippen LogP contribution in [-0.2, 0) is 0 Å². The highest BCUT2D eigenvalue weighted by molar-refractivity contribution is 5.85. The highest BCUT2D eigenvalue weighted by atomic mass is 35.5. The second kappa shape index (κ2) is 4.38. The van der Waals surface area contributed by atoms with Crippen LogP contribution < -0.4 is 5.73 Å². The van der Waals surface area contributed by atoms with Gasteiger partial charge in [0.05, 0.1) is 12.6 Å². The van der Waals surface area contributed by atoms with Gasteiger partial charge in [0.15, 0.2) is 0 Å². The fourth-order valence-corrected chi connectivity index (χ4v) is 0.743. The van der Waals surface area contributed by atoms with Crippen molar-refractivity contribution >= 4 is 12.4 Å². The molecule has 4 heteroatoms. The van der Waals surface area contributed by atoms with E-state index in [-0.39, 0.29) is 25.1 Å². The van der Waals surface area contributed by atoms with Gasteiger partial charge in [0.1, 0.15) is 11.5 Å². The lowest BCUT2D eigenvalue weighted by atomic mass is 10.2. The fraction of sp³-hybridized carbons (Fsp3) is 0.429. The van der Waals surface area contributed by atoms with Crippen LogP contribution in [-0.4, -0.2) is 11.7 Å². The maximum atomic E-state index is 8.61. The van der Waals surface area contributed by atoms with Crippen molar-refractivity contribution in [1.29, 1.82) is 0 Å². The number of hydrogen-bond acceptors (Lipinski definition) is 3. The Labute approximate surface area is 71.6 Å². The number of aliphatic hydroxyl groups is 1. The number of nitrogens with two attached hydrogens (primary N) is 1. The zero-order valence-corrected chi connectivity index (χ0v) is 7.10. The summed E-state index contributed by atoms with van der Waals surface area (Å²) in [5.41, 5.74) is 5.46. The van der Waals surface area contributed by atoms with Crippen LogP contribution >= 0.6 is 12.4 Å². The molecule has 3 nitrogen and oxygen atoms in total. The minimum atomic E-state index is -0.381. The predicted molar refractivity (Wildman–Crippen MR) is 44.7 cm³/mol. The third kappa shape index (κ3) is 2.54. The smallest absolute Gasteiger partial charge is 0.123 e. The van der Waals surface area contributed by atoms with E-state index in [0.717, 1.165) is 5.76 Å². The minimum Gasteiger partial charge on any atom is -0.465 e. The second-order valence-electron chi connectivity index (χ2n) is 2.24. The van der Waals surface area contributed by atoms with Gasteiger partial charge in [0.25, 0.3) is 0 Å². The Morgan fingerprint density at radius 2 is 2.27 bits per heavy atom. The normalized spacial score (nSPS) is 12.3. The van der Waals surface area contributed by atoms with Crippen molar-refractivity contribution in [3.63, 3.8) is 0 Å². The van der Waals surface area contributed by atoms with Crippen molar-refractivity contribution in [2.45, 2.75) is 13.0 Å². The molecule has 0 aliphatic rings. The van der Waals surface area contributed by atoms with Crippen LogP contribution in [0.25, 0.3) is 0 Å². The first kappa shape index (κ1) is 10.5. The molecule has 0 radical (unpaired) electrons. The van der Waals surface area contributed by atoms with Crippen molar-refractivity contribution < 1.29 is 9.52 Å². The third-order valence-corrected chi connectivity index (χ3v) is 1.32. The van der Waals surface area contributed by atoms with Crippen LogP contribution in [0.3, 0.4) is 0 Å². The lowest BCUT2D eigenvalue weighted by molar-refractivity contribution is 0.250. The van der Waals surface area contributed by atoms with Crippen LogP contribution in [0, 0.1) is 6.92 Å². The molecular weight excluding hydrogens is 166 g/mol. The molecule has 1 aromatic heterocycles. The first-order valence-electron chi connectivity index (χ1n) is 3.17. The summed E-state index contributed by atoms with van der Waals surface area (Å²) in [6.45, 7) is 1.76. The van der Waals surface area contributed by atoms with Crippen LogP contribution in [0.2, 0.25) is 0 Å². The van der Waals surface area contributed by atoms with Crippen molar-refractivity contribution in [3.8, 4) is 0 Å². The molecule has 0 spiro atoms. The Kier molecular flexibility index (Phi) is 4.18. The lowest BCUT2D eigenvalue weighted by Crippen LogP contribution is -2.13. The molecule has 1 heterocycles. The zero-order chi connectivity index (χ0) is 7.56. The average Bonchev–Trinajstić information content (AvgIpc) is 2.34. The molecule has 0 bridgehead atoms. The molecule has 64 valence electrons. The fourth-order valence-electron chi connectivity index (χ4n) is 0.743. The molecule has 1 atom stereocenters. The van der Waals surface area contributed by atoms with Gasteiger partial charge >= 0.3 is 0 Å². The number of hydrogen-bond donors (Lipinski definition) is 2. The van der Waals surface area contributed by atoms with Crippen molar-refractivity contribution in [1.82, 2.24) is 0 Å². The summed E-state index contributed by atoms with van der Waals surface area (Å²) >= 11 is 0. The summed E-state index contributed by atoms with van der Waals surface area (Å²) in [5.74, 6) is 1.46. The average molecular weight is 178 g/mol. The third-order valence-electron chi connectivity index (χ3n) is 1.32. The number of rotatable bonds is 2. The van der Waals surface area contributed by atoms with Gasteiger partial charge < -0.3 is 15.3 Å². The van der Waals surface area contributed by atoms with Crippen LogP contribution in [0.1, 0.15) is 17.6 Å². The van der Waals surface area contributed by atoms with E-state index in [1.165, 1.54) is 0 Å². The van der Waals surface area contributed by atoms with E-state index in [1.807, 2.05) is 13.0 Å². The van der Waals surface area contributed by atoms with Crippen LogP contribution in [0.5, 0.6) is 0 Å². The quantitative estimate of drug-likeness (QED) is 0.709. The van der Waals surface area contributed by atoms with E-state index in [0.29, 0.717) is 5.76 Å². The molecule has 1 rings (SSSR count). The Morgan fingerprint density at radius 3 is 2.64 bits per heavy atom. The summed E-state index contributed by atoms with van der Waals surface area (Å²) in [4.78, 5) is 0. The monoisotopic (exact) mass is 177 g/mol. The summed E-state index contributed by atoms with van der Waals surface area (Å²) in [7, 11) is 0. The van der Waals surface area contributed by atoms with Gasteiger partial charge in [-0.3, -0.25) is 0 Å². The van der Waals surface area contributed by atoms with Gasteiger partial charge in [0, 0.05) is 0 Å². The Hall–Kier alpha value is -0.510. The predicted octanol–water partition coefficient (Wildman–Crippen LogP) is 1.00. The second-order valence-corrected chi connectivity index (χ2v) is 2.24. The molecule has 0 amide bonds. The summed E-state index contributed by atoms with van der Waals surface area (Å²) in [6, 6.07) is 3.22. The largest absolute Gasteiger partial charge is 0.465 e. The molecule has 0 aliphatic heterocycles. The standard InChI is InChI=1S/C7H11NO2.ClH/c1-5-2-3-7(10-5)6(8)4-9;/h2-3,6,9H,4,8H2,1H3;1H/t6-;/m1./s1. The lowest BCUT2D eigenvalue weighted by Gasteiger charge is -2.01. The van der Waals surface area contributed by atoms with E-state index < -0.39 is 0 Å². The van der Waals surface area contributed by atoms with Crippen LogP contribution in [0.15, 0.2) is 16.5 Å². The highest BCUT2D eigenvalue weighted by Crippen LogP contribution is 2.12. The molecule has 0 saturated heterocycles. The molecule has 11 heavy (non-hydrogen) atoms. The van der Waals surface area contributed by atoms with Gasteiger partial charge in [0.2, 0.25) is 0 Å². The maximum absolute atomic E-state index is 8.61. The molecule has 1 aromatic rings. The Balaban J connectivity index is 0.000001000. The van der Waals surface area contributed by atoms with E-state index in [2.05, 4.69) is 0 Å². The molecule has 0 aliphatic carbocycles. The Bertz CT molecular complexity index is 212. The van der Waals surface area contributed by atoms with E-state index in [9.17, 15) is 0 Å². The summed E-state index contributed by atoms with van der Waals surface area (Å²) in [6.07, 6.45) is 0. The molecule has 0 unspecified atom stereocenters. The molecule has 0 saturated carbocycles. The first-order valence-corrected chi connectivity index (χ1v) is 3.17. The van der Waals surface area contributed by atoms with Gasteiger partial charge in [-0.05, 0) is 19.1 Å². The molecule has 0 fully saturated rings. The van der Waals surface area contributed by atoms with Crippen LogP contribution in [0.4, 0.5) is 0 Å². The SMILES string of the molecule is Cc1ccc([C@H](N)CO)o1.Cl. The van der Waals surface area contributed by atoms with E-state index in [4.69, 9.17) is 15.3 Å². The van der Waals surface area contributed by atoms with Crippen molar-refractivity contribution in [3.05, 3.63) is 23.7 Å². The van der Waals surface area contributed by atoms with Gasteiger partial charge in [-0.25, -0.2) is 0 Å². The number of furan rings is 1. The van der Waals surface area contributed by atoms with E-state index in [1.54, 1.807) is 6.07 Å². The van der Waals surface area contributed by atoms with Gasteiger partial charge in [-0.15, -0.1) is 12.4 Å². The molecule has 3 N–H and O–H groups in total. The molecular formula is C7H12ClNO2. The first-order chi connectivity index (χ1) is 4.74. The minimum absolute atomic E-state index is 0. The van der Waals surface area contributed by atoms with Gasteiger partial charge in [-0.2, -0.15) is 0 Å². The van der Waals surface area contributed by atoms with Crippen molar-refractivity contribution in [2.24, 2.45) is 5.73 Å². The highest BCUT2D eigenvalue weighted by Gasteiger charge is 2.06. The topological polar surface area (TPSA) is 59.4 Å². The number of aliphatic hydroxyl groups excluding tert-OH is 1. The van der Waals surface area contributed by atoms with E-state index >= 15 is 0 Å². The maximum Gasteiger partial charge on any atom is 0.123 e. The Morgan fingerprint density at radius 1 is 1.64 bits per heavy atom. The number of halogens is 1. The van der Waals surface area contributed by atoms with Gasteiger partial charge in [-0.1, -0.05) is 0 Å². The number of aryl methyl sites for hydroxylation is 1. The molecule has 0 aromatic carbocycles.